The second-order valence-corrected chi connectivity index (χ2v) is 4.64. The lowest BCUT2D eigenvalue weighted by atomic mass is 10.3. The minimum atomic E-state index is -5.54. The Morgan fingerprint density at radius 2 is 1.50 bits per heavy atom. The van der Waals surface area contributed by atoms with E-state index >= 15 is 0 Å². The smallest absolute Gasteiger partial charge is 0.426 e. The largest absolute Gasteiger partial charge is 0.477 e. The summed E-state index contributed by atoms with van der Waals surface area (Å²) in [5.41, 5.74) is 0. The Balaban J connectivity index is 3.39. The van der Waals surface area contributed by atoms with E-state index in [9.17, 15) is 18.0 Å². The molecule has 0 saturated carbocycles. The monoisotopic (exact) mass is 276 g/mol. The number of carboxylic acids is 2. The van der Waals surface area contributed by atoms with Gasteiger partial charge < -0.3 is 14.9 Å². The van der Waals surface area contributed by atoms with Crippen LogP contribution in [0.25, 0.3) is 0 Å². The van der Waals surface area contributed by atoms with Crippen molar-refractivity contribution < 1.29 is 37.5 Å². The minimum Gasteiger partial charge on any atom is -0.477 e. The summed E-state index contributed by atoms with van der Waals surface area (Å²) in [7, 11) is -5.54. The van der Waals surface area contributed by atoms with Crippen molar-refractivity contribution in [3.05, 3.63) is 30.3 Å². The second kappa shape index (κ2) is 4.63. The molecule has 0 unspecified atom stereocenters. The molecular formula is C9H8O8S. The van der Waals surface area contributed by atoms with Gasteiger partial charge in [-0.3, -0.25) is 4.55 Å². The molecule has 9 heteroatoms. The lowest BCUT2D eigenvalue weighted by molar-refractivity contribution is -0.163. The second-order valence-electron chi connectivity index (χ2n) is 3.12. The topological polar surface area (TPSA) is 138 Å². The van der Waals surface area contributed by atoms with Crippen molar-refractivity contribution in [3.8, 4) is 5.75 Å². The van der Waals surface area contributed by atoms with E-state index in [1.54, 1.807) is 0 Å². The maximum absolute atomic E-state index is 11.0. The third kappa shape index (κ3) is 2.26. The molecule has 1 rings (SSSR count). The number of hydrogen-bond donors (Lipinski definition) is 3. The SMILES string of the molecule is O=C(O)C(Oc1ccccc1)(C(=O)O)S(=O)(=O)O. The zero-order valence-corrected chi connectivity index (χ0v) is 9.49. The van der Waals surface area contributed by atoms with Crippen molar-refractivity contribution in [2.45, 2.75) is 4.93 Å². The number of carboxylic acid groups (broad SMARTS) is 2. The molecule has 0 heterocycles. The molecule has 0 aliphatic carbocycles. The lowest BCUT2D eigenvalue weighted by Crippen LogP contribution is -2.57. The highest BCUT2D eigenvalue weighted by atomic mass is 32.2. The van der Waals surface area contributed by atoms with E-state index in [4.69, 9.17) is 14.8 Å². The quantitative estimate of drug-likeness (QED) is 0.497. The summed E-state index contributed by atoms with van der Waals surface area (Å²) in [4.78, 5) is 17.9. The third-order valence-corrected chi connectivity index (χ3v) is 3.09. The Hall–Kier alpha value is -2.13. The zero-order chi connectivity index (χ0) is 14.0. The number of benzene rings is 1. The Kier molecular flexibility index (Phi) is 3.58. The highest BCUT2D eigenvalue weighted by Crippen LogP contribution is 2.24. The van der Waals surface area contributed by atoms with Gasteiger partial charge >= 0.3 is 27.0 Å². The van der Waals surface area contributed by atoms with Crippen LogP contribution in [0.2, 0.25) is 0 Å². The third-order valence-electron chi connectivity index (χ3n) is 1.93. The van der Waals surface area contributed by atoms with E-state index < -0.39 is 27.0 Å². The molecule has 0 saturated heterocycles. The summed E-state index contributed by atoms with van der Waals surface area (Å²) >= 11 is 0. The summed E-state index contributed by atoms with van der Waals surface area (Å²) < 4.78 is 35.3. The van der Waals surface area contributed by atoms with Gasteiger partial charge in [-0.1, -0.05) is 18.2 Å². The normalized spacial score (nSPS) is 11.8. The van der Waals surface area contributed by atoms with Crippen LogP contribution >= 0.6 is 0 Å². The maximum atomic E-state index is 11.0. The molecule has 0 bridgehead atoms. The van der Waals surface area contributed by atoms with E-state index in [-0.39, 0.29) is 5.75 Å². The first-order valence-corrected chi connectivity index (χ1v) is 5.83. The van der Waals surface area contributed by atoms with Gasteiger partial charge in [0.2, 0.25) is 0 Å². The number of rotatable bonds is 5. The standard InChI is InChI=1S/C9H8O8S/c10-7(11)9(8(12)13,18(14,15)16)17-6-4-2-1-3-5-6/h1-5H,(H,10,11)(H,12,13)(H,14,15,16). The fourth-order valence-corrected chi connectivity index (χ4v) is 1.75. The Bertz CT molecular complexity index is 547. The summed E-state index contributed by atoms with van der Waals surface area (Å²) in [6.45, 7) is 0. The fourth-order valence-electron chi connectivity index (χ4n) is 1.11. The van der Waals surface area contributed by atoms with Crippen molar-refractivity contribution in [2.75, 3.05) is 0 Å². The van der Waals surface area contributed by atoms with Gasteiger partial charge in [-0.05, 0) is 12.1 Å². The van der Waals surface area contributed by atoms with E-state index in [0.717, 1.165) is 12.1 Å². The van der Waals surface area contributed by atoms with Crippen LogP contribution in [0.3, 0.4) is 0 Å². The molecular weight excluding hydrogens is 268 g/mol. The molecule has 1 aromatic carbocycles. The molecule has 18 heavy (non-hydrogen) atoms. The number of para-hydroxylation sites is 1. The molecule has 0 radical (unpaired) electrons. The number of ether oxygens (including phenoxy) is 1. The average Bonchev–Trinajstić information content (AvgIpc) is 2.24. The van der Waals surface area contributed by atoms with E-state index in [1.807, 2.05) is 0 Å². The van der Waals surface area contributed by atoms with Crippen LogP contribution in [0, 0.1) is 0 Å². The molecule has 0 aliphatic heterocycles. The Labute approximate surface area is 101 Å². The molecule has 0 aliphatic rings. The average molecular weight is 276 g/mol. The van der Waals surface area contributed by atoms with Crippen LogP contribution < -0.4 is 4.74 Å². The molecule has 98 valence electrons. The van der Waals surface area contributed by atoms with Gasteiger partial charge in [0.25, 0.3) is 0 Å². The van der Waals surface area contributed by atoms with Gasteiger partial charge in [-0.15, -0.1) is 0 Å². The Morgan fingerprint density at radius 3 is 1.83 bits per heavy atom. The van der Waals surface area contributed by atoms with Crippen LogP contribution in [0.15, 0.2) is 30.3 Å². The summed E-state index contributed by atoms with van der Waals surface area (Å²) in [5.74, 6) is -5.05. The highest BCUT2D eigenvalue weighted by molar-refractivity contribution is 7.88. The van der Waals surface area contributed by atoms with Crippen LogP contribution in [-0.2, 0) is 19.7 Å². The van der Waals surface area contributed by atoms with Gasteiger partial charge in [0.05, 0.1) is 0 Å². The zero-order valence-electron chi connectivity index (χ0n) is 8.68. The van der Waals surface area contributed by atoms with Gasteiger partial charge in [-0.25, -0.2) is 9.59 Å². The van der Waals surface area contributed by atoms with Crippen LogP contribution in [-0.4, -0.2) is 40.1 Å². The lowest BCUT2D eigenvalue weighted by Gasteiger charge is -2.22. The van der Waals surface area contributed by atoms with Crippen LogP contribution in [0.4, 0.5) is 0 Å². The molecule has 0 amide bonds. The molecule has 0 spiro atoms. The van der Waals surface area contributed by atoms with Crippen LogP contribution in [0.1, 0.15) is 0 Å². The van der Waals surface area contributed by atoms with Gasteiger partial charge in [0.1, 0.15) is 5.75 Å². The first-order valence-electron chi connectivity index (χ1n) is 4.39. The van der Waals surface area contributed by atoms with Crippen LogP contribution in [0.5, 0.6) is 5.75 Å². The van der Waals surface area contributed by atoms with Crippen molar-refractivity contribution in [1.29, 1.82) is 0 Å². The van der Waals surface area contributed by atoms with Crippen molar-refractivity contribution in [1.82, 2.24) is 0 Å². The van der Waals surface area contributed by atoms with E-state index in [2.05, 4.69) is 4.74 Å². The van der Waals surface area contributed by atoms with E-state index in [0.29, 0.717) is 0 Å². The minimum absolute atomic E-state index is 0.333. The first-order chi connectivity index (χ1) is 8.22. The van der Waals surface area contributed by atoms with Gasteiger partial charge in [-0.2, -0.15) is 8.42 Å². The molecule has 0 fully saturated rings. The molecule has 0 aromatic heterocycles. The predicted octanol–water partition coefficient (Wildman–Crippen LogP) is -0.181. The molecule has 0 atom stereocenters. The Morgan fingerprint density at radius 1 is 1.06 bits per heavy atom. The van der Waals surface area contributed by atoms with Crippen molar-refractivity contribution in [2.24, 2.45) is 0 Å². The van der Waals surface area contributed by atoms with Gasteiger partial charge in [0, 0.05) is 0 Å². The van der Waals surface area contributed by atoms with Crippen molar-refractivity contribution >= 4 is 22.1 Å². The number of carbonyl (C=O) groups is 2. The molecule has 1 aromatic rings. The molecule has 8 nitrogen and oxygen atoms in total. The maximum Gasteiger partial charge on any atom is 0.426 e. The predicted molar refractivity (Wildman–Crippen MR) is 56.6 cm³/mol. The fraction of sp³-hybridized carbons (Fsp3) is 0.111. The molecule has 3 N–H and O–H groups in total. The highest BCUT2D eigenvalue weighted by Gasteiger charge is 2.62. The summed E-state index contributed by atoms with van der Waals surface area (Å²) in [6.07, 6.45) is 0. The number of hydrogen-bond acceptors (Lipinski definition) is 5. The van der Waals surface area contributed by atoms with Crippen molar-refractivity contribution in [3.63, 3.8) is 0 Å². The van der Waals surface area contributed by atoms with E-state index in [1.165, 1.54) is 18.2 Å². The first kappa shape index (κ1) is 13.9. The van der Waals surface area contributed by atoms with Gasteiger partial charge in [0.15, 0.2) is 0 Å². The summed E-state index contributed by atoms with van der Waals surface area (Å²) in [6, 6.07) is 6.54. The number of aliphatic carboxylic acids is 2. The summed E-state index contributed by atoms with van der Waals surface area (Å²) in [5, 5.41) is 17.5.